The molecule has 1 aromatic carbocycles. The van der Waals surface area contributed by atoms with Gasteiger partial charge >= 0.3 is 0 Å². The third-order valence-electron chi connectivity index (χ3n) is 6.37. The first-order valence-corrected chi connectivity index (χ1v) is 9.43. The van der Waals surface area contributed by atoms with Gasteiger partial charge in [0.1, 0.15) is 12.2 Å². The van der Waals surface area contributed by atoms with Crippen LogP contribution in [-0.4, -0.2) is 28.7 Å². The molecule has 0 bridgehead atoms. The number of carbonyl (C=O) groups excluding carboxylic acids is 1. The normalized spacial score (nSPS) is 34.5. The molecule has 1 aliphatic rings. The van der Waals surface area contributed by atoms with Gasteiger partial charge in [-0.2, -0.15) is 5.06 Å². The predicted molar refractivity (Wildman–Crippen MR) is 99.9 cm³/mol. The van der Waals surface area contributed by atoms with Gasteiger partial charge in [-0.25, -0.2) is 0 Å². The number of benzene rings is 1. The standard InChI is InChI=1S/C21H33NO3/c1-7-20(5)14-19(24-15-23)16(3)21(6,8-2)22(20)25-17(4)18-12-10-9-11-13-18/h9-13,15-17,19H,7-8,14H2,1-6H3. The van der Waals surface area contributed by atoms with E-state index in [1.165, 1.54) is 5.56 Å². The molecule has 0 amide bonds. The zero-order valence-electron chi connectivity index (χ0n) is 16.5. The molecule has 0 aliphatic carbocycles. The number of hydrogen-bond donors (Lipinski definition) is 0. The number of ether oxygens (including phenoxy) is 1. The van der Waals surface area contributed by atoms with Crippen LogP contribution in [0.1, 0.15) is 72.5 Å². The molecule has 1 saturated heterocycles. The monoisotopic (exact) mass is 347 g/mol. The predicted octanol–water partition coefficient (Wildman–Crippen LogP) is 4.90. The van der Waals surface area contributed by atoms with E-state index in [0.29, 0.717) is 6.47 Å². The number of carbonyl (C=O) groups is 1. The molecular formula is C21H33NO3. The SMILES string of the molecule is CCC1(C)CC(OC=O)C(C)C(C)(CC)N1OC(C)c1ccccc1. The smallest absolute Gasteiger partial charge is 0.293 e. The van der Waals surface area contributed by atoms with Crippen LogP contribution in [-0.2, 0) is 14.4 Å². The van der Waals surface area contributed by atoms with Gasteiger partial charge in [0.15, 0.2) is 0 Å². The number of rotatable bonds is 7. The van der Waals surface area contributed by atoms with Gasteiger partial charge in [-0.3, -0.25) is 9.63 Å². The number of nitrogens with zero attached hydrogens (tertiary/aromatic N) is 1. The largest absolute Gasteiger partial charge is 0.464 e. The van der Waals surface area contributed by atoms with E-state index >= 15 is 0 Å². The molecule has 0 saturated carbocycles. The van der Waals surface area contributed by atoms with Crippen molar-refractivity contribution in [3.05, 3.63) is 35.9 Å². The highest BCUT2D eigenvalue weighted by Crippen LogP contribution is 2.47. The second kappa shape index (κ2) is 7.88. The minimum absolute atomic E-state index is 0.0336. The lowest BCUT2D eigenvalue weighted by atomic mass is 9.69. The van der Waals surface area contributed by atoms with E-state index < -0.39 is 0 Å². The topological polar surface area (TPSA) is 38.8 Å². The van der Waals surface area contributed by atoms with Crippen LogP contribution >= 0.6 is 0 Å². The fourth-order valence-corrected chi connectivity index (χ4v) is 4.08. The van der Waals surface area contributed by atoms with Gasteiger partial charge in [0.05, 0.1) is 0 Å². The Morgan fingerprint density at radius 1 is 1.24 bits per heavy atom. The maximum absolute atomic E-state index is 11.0. The fraction of sp³-hybridized carbons (Fsp3) is 0.667. The highest BCUT2D eigenvalue weighted by atomic mass is 16.7. The Morgan fingerprint density at radius 3 is 2.40 bits per heavy atom. The summed E-state index contributed by atoms with van der Waals surface area (Å²) >= 11 is 0. The van der Waals surface area contributed by atoms with Crippen molar-refractivity contribution >= 4 is 6.47 Å². The molecule has 0 radical (unpaired) electrons. The number of piperidine rings is 1. The first-order valence-electron chi connectivity index (χ1n) is 9.43. The summed E-state index contributed by atoms with van der Waals surface area (Å²) in [5.41, 5.74) is 0.770. The fourth-order valence-electron chi connectivity index (χ4n) is 4.08. The van der Waals surface area contributed by atoms with E-state index in [2.05, 4.69) is 58.7 Å². The average molecular weight is 347 g/mol. The first-order chi connectivity index (χ1) is 11.8. The Labute approximate surface area is 152 Å². The molecule has 4 heteroatoms. The molecular weight excluding hydrogens is 314 g/mol. The van der Waals surface area contributed by atoms with Crippen molar-refractivity contribution in [1.29, 1.82) is 0 Å². The summed E-state index contributed by atoms with van der Waals surface area (Å²) in [6.07, 6.45) is 2.51. The zero-order chi connectivity index (χ0) is 18.7. The van der Waals surface area contributed by atoms with Crippen molar-refractivity contribution in [1.82, 2.24) is 5.06 Å². The van der Waals surface area contributed by atoms with E-state index in [-0.39, 0.29) is 29.2 Å². The number of hydrogen-bond acceptors (Lipinski definition) is 4. The molecule has 140 valence electrons. The molecule has 2 rings (SSSR count). The van der Waals surface area contributed by atoms with Gasteiger partial charge < -0.3 is 4.74 Å². The van der Waals surface area contributed by atoms with E-state index in [1.54, 1.807) is 0 Å². The Hall–Kier alpha value is -1.39. The van der Waals surface area contributed by atoms with Crippen LogP contribution < -0.4 is 0 Å². The average Bonchev–Trinajstić information content (AvgIpc) is 2.64. The summed E-state index contributed by atoms with van der Waals surface area (Å²) in [7, 11) is 0. The first kappa shape index (κ1) is 19.9. The maximum atomic E-state index is 11.0. The van der Waals surface area contributed by atoms with Crippen molar-refractivity contribution < 1.29 is 14.4 Å². The molecule has 25 heavy (non-hydrogen) atoms. The third-order valence-corrected chi connectivity index (χ3v) is 6.37. The summed E-state index contributed by atoms with van der Waals surface area (Å²) in [5.74, 6) is 0.185. The van der Waals surface area contributed by atoms with Gasteiger partial charge in [0.2, 0.25) is 0 Å². The lowest BCUT2D eigenvalue weighted by molar-refractivity contribution is -0.336. The van der Waals surface area contributed by atoms with Crippen molar-refractivity contribution in [3.8, 4) is 0 Å². The second-order valence-electron chi connectivity index (χ2n) is 7.78. The number of hydroxylamine groups is 2. The lowest BCUT2D eigenvalue weighted by Crippen LogP contribution is -2.67. The molecule has 5 unspecified atom stereocenters. The van der Waals surface area contributed by atoms with Crippen LogP contribution in [0, 0.1) is 5.92 Å². The van der Waals surface area contributed by atoms with Crippen LogP contribution in [0.15, 0.2) is 30.3 Å². The molecule has 1 aliphatic heterocycles. The summed E-state index contributed by atoms with van der Waals surface area (Å²) < 4.78 is 5.46. The maximum Gasteiger partial charge on any atom is 0.293 e. The summed E-state index contributed by atoms with van der Waals surface area (Å²) in [5, 5.41) is 2.22. The van der Waals surface area contributed by atoms with Crippen molar-refractivity contribution in [3.63, 3.8) is 0 Å². The van der Waals surface area contributed by atoms with Gasteiger partial charge in [-0.05, 0) is 39.2 Å². The molecule has 1 fully saturated rings. The van der Waals surface area contributed by atoms with Crippen molar-refractivity contribution in [2.75, 3.05) is 0 Å². The van der Waals surface area contributed by atoms with Crippen LogP contribution in [0.25, 0.3) is 0 Å². The molecule has 0 spiro atoms. The summed E-state index contributed by atoms with van der Waals surface area (Å²) in [6, 6.07) is 10.3. The Balaban J connectivity index is 2.35. The Bertz CT molecular complexity index is 564. The van der Waals surface area contributed by atoms with Crippen LogP contribution in [0.5, 0.6) is 0 Å². The molecule has 0 aromatic heterocycles. The van der Waals surface area contributed by atoms with Crippen molar-refractivity contribution in [2.24, 2.45) is 5.92 Å². The highest BCUT2D eigenvalue weighted by molar-refractivity contribution is 5.38. The van der Waals surface area contributed by atoms with Gasteiger partial charge in [0, 0.05) is 23.4 Å². The van der Waals surface area contributed by atoms with Gasteiger partial charge in [0.25, 0.3) is 6.47 Å². The summed E-state index contributed by atoms with van der Waals surface area (Å²) in [4.78, 5) is 17.6. The van der Waals surface area contributed by atoms with Crippen LogP contribution in [0.4, 0.5) is 0 Å². The molecule has 4 nitrogen and oxygen atoms in total. The van der Waals surface area contributed by atoms with Crippen molar-refractivity contribution in [2.45, 2.75) is 84.1 Å². The summed E-state index contributed by atoms with van der Waals surface area (Å²) in [6.45, 7) is 13.6. The van der Waals surface area contributed by atoms with Gasteiger partial charge in [-0.1, -0.05) is 51.1 Å². The van der Waals surface area contributed by atoms with Crippen LogP contribution in [0.3, 0.4) is 0 Å². The quantitative estimate of drug-likeness (QED) is 0.658. The Morgan fingerprint density at radius 2 is 1.88 bits per heavy atom. The molecule has 0 N–H and O–H groups in total. The van der Waals surface area contributed by atoms with E-state index in [0.717, 1.165) is 19.3 Å². The Kier molecular flexibility index (Phi) is 6.28. The highest BCUT2D eigenvalue weighted by Gasteiger charge is 2.55. The van der Waals surface area contributed by atoms with Crippen LogP contribution in [0.2, 0.25) is 0 Å². The van der Waals surface area contributed by atoms with Gasteiger partial charge in [-0.15, -0.1) is 0 Å². The van der Waals surface area contributed by atoms with E-state index in [4.69, 9.17) is 9.57 Å². The van der Waals surface area contributed by atoms with E-state index in [1.807, 2.05) is 18.2 Å². The van der Waals surface area contributed by atoms with E-state index in [9.17, 15) is 4.79 Å². The zero-order valence-corrected chi connectivity index (χ0v) is 16.5. The lowest BCUT2D eigenvalue weighted by Gasteiger charge is -2.59. The third kappa shape index (κ3) is 3.75. The molecule has 1 aromatic rings. The minimum atomic E-state index is -0.209. The second-order valence-corrected chi connectivity index (χ2v) is 7.78. The molecule has 1 heterocycles. The minimum Gasteiger partial charge on any atom is -0.464 e. The molecule has 5 atom stereocenters.